The molecule has 0 unspecified atom stereocenters. The van der Waals surface area contributed by atoms with E-state index in [1.165, 1.54) is 23.3 Å². The van der Waals surface area contributed by atoms with Gasteiger partial charge in [0.1, 0.15) is 11.4 Å². The molecule has 2 aromatic carbocycles. The molecule has 236 valence electrons. The van der Waals surface area contributed by atoms with Crippen molar-refractivity contribution < 1.29 is 19.2 Å². The Kier molecular flexibility index (Phi) is 10.1. The monoisotopic (exact) mass is 612 g/mol. The first kappa shape index (κ1) is 31.7. The maximum absolute atomic E-state index is 13.7. The first-order valence-corrected chi connectivity index (χ1v) is 15.1. The highest BCUT2D eigenvalue weighted by molar-refractivity contribution is 5.95. The van der Waals surface area contributed by atoms with Gasteiger partial charge in [0.2, 0.25) is 0 Å². The summed E-state index contributed by atoms with van der Waals surface area (Å²) in [5, 5.41) is 11.2. The molecule has 2 aromatic heterocycles. The number of hydroxylamine groups is 1. The van der Waals surface area contributed by atoms with E-state index in [9.17, 15) is 14.4 Å². The molecule has 11 heteroatoms. The summed E-state index contributed by atoms with van der Waals surface area (Å²) in [6.07, 6.45) is 5.52. The molecule has 0 bridgehead atoms. The van der Waals surface area contributed by atoms with Crippen LogP contribution in [0.15, 0.2) is 77.7 Å². The van der Waals surface area contributed by atoms with E-state index in [4.69, 9.17) is 14.7 Å². The van der Waals surface area contributed by atoms with Crippen LogP contribution in [0.4, 0.5) is 10.6 Å². The lowest BCUT2D eigenvalue weighted by atomic mass is 9.93. The number of urea groups is 1. The molecule has 45 heavy (non-hydrogen) atoms. The van der Waals surface area contributed by atoms with Crippen LogP contribution in [0, 0.1) is 12.8 Å². The number of carbonyl (C=O) groups excluding carboxylic acids is 2. The second-order valence-corrected chi connectivity index (χ2v) is 11.5. The van der Waals surface area contributed by atoms with Gasteiger partial charge in [0.25, 0.3) is 11.5 Å². The number of anilines is 1. The second kappa shape index (κ2) is 14.4. The van der Waals surface area contributed by atoms with E-state index in [-0.39, 0.29) is 23.6 Å². The Morgan fingerprint density at radius 3 is 2.42 bits per heavy atom. The van der Waals surface area contributed by atoms with Crippen molar-refractivity contribution in [3.05, 3.63) is 100.0 Å². The molecule has 2 heterocycles. The van der Waals surface area contributed by atoms with Gasteiger partial charge in [-0.3, -0.25) is 19.7 Å². The number of aryl methyl sites for hydroxylation is 1. The summed E-state index contributed by atoms with van der Waals surface area (Å²) in [6, 6.07) is 20.9. The van der Waals surface area contributed by atoms with E-state index < -0.39 is 11.5 Å². The van der Waals surface area contributed by atoms with E-state index in [0.717, 1.165) is 38.0 Å². The second-order valence-electron chi connectivity index (χ2n) is 11.5. The molecule has 3 N–H and O–H groups in total. The minimum atomic E-state index is -0.664. The van der Waals surface area contributed by atoms with E-state index in [1.807, 2.05) is 55.5 Å². The van der Waals surface area contributed by atoms with Crippen LogP contribution in [0.5, 0.6) is 0 Å². The topological polar surface area (TPSA) is 129 Å². The van der Waals surface area contributed by atoms with Crippen molar-refractivity contribution in [2.45, 2.75) is 44.6 Å². The molecule has 5 rings (SSSR count). The van der Waals surface area contributed by atoms with Gasteiger partial charge in [-0.2, -0.15) is 5.10 Å². The number of rotatable bonds is 11. The zero-order valence-corrected chi connectivity index (χ0v) is 26.1. The van der Waals surface area contributed by atoms with Crippen LogP contribution in [0.2, 0.25) is 0 Å². The Labute approximate surface area is 262 Å². The van der Waals surface area contributed by atoms with Crippen LogP contribution >= 0.6 is 0 Å². The fourth-order valence-corrected chi connectivity index (χ4v) is 6.26. The summed E-state index contributed by atoms with van der Waals surface area (Å²) in [4.78, 5) is 43.8. The predicted octanol–water partition coefficient (Wildman–Crippen LogP) is 4.95. The molecule has 1 aliphatic rings. The molecular weight excluding hydrogens is 572 g/mol. The quantitative estimate of drug-likeness (QED) is 0.163. The molecule has 0 radical (unpaired) electrons. The van der Waals surface area contributed by atoms with Crippen LogP contribution in [-0.2, 0) is 16.6 Å². The fraction of sp³-hybridized carbons (Fsp3) is 0.353. The van der Waals surface area contributed by atoms with E-state index in [2.05, 4.69) is 28.2 Å². The summed E-state index contributed by atoms with van der Waals surface area (Å²) in [5.41, 5.74) is 5.32. The molecular formula is C34H40N6O5. The van der Waals surface area contributed by atoms with Crippen molar-refractivity contribution >= 4 is 17.8 Å². The normalized spacial score (nSPS) is 17.6. The molecule has 1 saturated carbocycles. The summed E-state index contributed by atoms with van der Waals surface area (Å²) in [6.45, 7) is 2.58. The van der Waals surface area contributed by atoms with Gasteiger partial charge in [-0.05, 0) is 62.3 Å². The van der Waals surface area contributed by atoms with Crippen molar-refractivity contribution in [3.8, 4) is 16.9 Å². The number of benzene rings is 2. The predicted molar refractivity (Wildman–Crippen MR) is 172 cm³/mol. The average Bonchev–Trinajstić information content (AvgIpc) is 3.59. The number of para-hydroxylation sites is 1. The third-order valence-electron chi connectivity index (χ3n) is 8.42. The van der Waals surface area contributed by atoms with Crippen LogP contribution in [0.25, 0.3) is 16.9 Å². The molecule has 1 fully saturated rings. The lowest BCUT2D eigenvalue weighted by Gasteiger charge is -2.22. The van der Waals surface area contributed by atoms with Gasteiger partial charge in [-0.25, -0.2) is 15.0 Å². The SMILES string of the molecule is COCCC[C@@H]1C[C@@H](NC(=O)Nc2c(C)c(-c3cc(C(=O)NOC)c(=O)n(C)c3)nn2-c2ccccc2)[C@H](c2ccccc2)C1. The fourth-order valence-electron chi connectivity index (χ4n) is 6.26. The molecule has 11 nitrogen and oxygen atoms in total. The van der Waals surface area contributed by atoms with Gasteiger partial charge in [0.15, 0.2) is 0 Å². The lowest BCUT2D eigenvalue weighted by Crippen LogP contribution is -2.40. The van der Waals surface area contributed by atoms with Crippen LogP contribution in [-0.4, -0.2) is 53.2 Å². The van der Waals surface area contributed by atoms with Crippen molar-refractivity contribution in [3.63, 3.8) is 0 Å². The Balaban J connectivity index is 1.46. The minimum absolute atomic E-state index is 0.0432. The average molecular weight is 613 g/mol. The maximum Gasteiger partial charge on any atom is 0.320 e. The summed E-state index contributed by atoms with van der Waals surface area (Å²) < 4.78 is 8.27. The van der Waals surface area contributed by atoms with Crippen molar-refractivity contribution in [2.75, 3.05) is 26.1 Å². The zero-order valence-electron chi connectivity index (χ0n) is 26.1. The molecule has 3 amide bonds. The number of nitrogens with zero attached hydrogens (tertiary/aromatic N) is 3. The zero-order chi connectivity index (χ0) is 31.9. The summed E-state index contributed by atoms with van der Waals surface area (Å²) in [5.74, 6) is 0.495. The Morgan fingerprint density at radius 1 is 1.02 bits per heavy atom. The van der Waals surface area contributed by atoms with Crippen LogP contribution < -0.4 is 21.7 Å². The smallest absolute Gasteiger partial charge is 0.320 e. The van der Waals surface area contributed by atoms with Crippen molar-refractivity contribution in [1.82, 2.24) is 25.1 Å². The van der Waals surface area contributed by atoms with Gasteiger partial charge in [-0.1, -0.05) is 48.5 Å². The number of aromatic nitrogens is 3. The molecule has 4 aromatic rings. The maximum atomic E-state index is 13.7. The Hall–Kier alpha value is -4.74. The largest absolute Gasteiger partial charge is 0.385 e. The molecule has 3 atom stereocenters. The van der Waals surface area contributed by atoms with Gasteiger partial charge in [-0.15, -0.1) is 0 Å². The summed E-state index contributed by atoms with van der Waals surface area (Å²) in [7, 11) is 4.59. The van der Waals surface area contributed by atoms with Crippen molar-refractivity contribution in [2.24, 2.45) is 13.0 Å². The van der Waals surface area contributed by atoms with Crippen molar-refractivity contribution in [1.29, 1.82) is 0 Å². The first-order chi connectivity index (χ1) is 21.8. The first-order valence-electron chi connectivity index (χ1n) is 15.1. The number of nitrogens with one attached hydrogen (secondary N) is 3. The van der Waals surface area contributed by atoms with Crippen LogP contribution in [0.3, 0.4) is 0 Å². The highest BCUT2D eigenvalue weighted by Gasteiger charge is 2.36. The number of hydrogen-bond donors (Lipinski definition) is 3. The highest BCUT2D eigenvalue weighted by Crippen LogP contribution is 2.41. The molecule has 1 aliphatic carbocycles. The number of pyridine rings is 1. The highest BCUT2D eigenvalue weighted by atomic mass is 16.6. The van der Waals surface area contributed by atoms with E-state index in [1.54, 1.807) is 25.0 Å². The standard InChI is InChI=1S/C34H40N6O5/c1-22-30(25-20-28(32(41)38-45-4)33(42)39(2)21-25)37-40(26-15-9-6-10-16-26)31(22)36-34(43)35-29-19-23(12-11-17-44-3)18-27(29)24-13-7-5-8-14-24/h5-10,13-16,20-21,23,27,29H,11-12,17-19H2,1-4H3,(H,38,41)(H2,35,36,43)/t23-,27-,29+/m0/s1. The number of methoxy groups -OCH3 is 1. The number of ether oxygens (including phenoxy) is 1. The molecule has 0 saturated heterocycles. The third-order valence-corrected chi connectivity index (χ3v) is 8.42. The minimum Gasteiger partial charge on any atom is -0.385 e. The number of carbonyl (C=O) groups is 2. The van der Waals surface area contributed by atoms with E-state index >= 15 is 0 Å². The van der Waals surface area contributed by atoms with Gasteiger partial charge < -0.3 is 14.6 Å². The van der Waals surface area contributed by atoms with Gasteiger partial charge >= 0.3 is 6.03 Å². The third kappa shape index (κ3) is 7.16. The Morgan fingerprint density at radius 2 is 1.73 bits per heavy atom. The molecule has 0 spiro atoms. The van der Waals surface area contributed by atoms with E-state index in [0.29, 0.717) is 28.6 Å². The van der Waals surface area contributed by atoms with Gasteiger partial charge in [0, 0.05) is 50.0 Å². The number of amides is 3. The van der Waals surface area contributed by atoms with Crippen LogP contribution in [0.1, 0.15) is 53.1 Å². The molecule has 0 aliphatic heterocycles. The summed E-state index contributed by atoms with van der Waals surface area (Å²) >= 11 is 0. The Bertz CT molecular complexity index is 1680. The lowest BCUT2D eigenvalue weighted by molar-refractivity contribution is 0.0535. The van der Waals surface area contributed by atoms with Gasteiger partial charge in [0.05, 0.1) is 18.5 Å². The number of hydrogen-bond acceptors (Lipinski definition) is 6.